The van der Waals surface area contributed by atoms with Gasteiger partial charge in [-0.15, -0.1) is 0 Å². The van der Waals surface area contributed by atoms with Gasteiger partial charge in [0.1, 0.15) is 0 Å². The smallest absolute Gasteiger partial charge is 0.323 e. The minimum absolute atomic E-state index is 0.0237. The Morgan fingerprint density at radius 3 is 2.52 bits per heavy atom. The monoisotopic (exact) mass is 533 g/mol. The Morgan fingerprint density at radius 1 is 1.21 bits per heavy atom. The van der Waals surface area contributed by atoms with Crippen LogP contribution >= 0.6 is 31.9 Å². The number of hydrogen-bond acceptors (Lipinski definition) is 3. The number of nitrogens with one attached hydrogen (secondary N) is 1. The highest BCUT2D eigenvalue weighted by Crippen LogP contribution is 2.35. The van der Waals surface area contributed by atoms with Gasteiger partial charge in [0.25, 0.3) is 0 Å². The largest absolute Gasteiger partial charge is 0.436 e. The Kier molecular flexibility index (Phi) is 6.47. The molecule has 0 aliphatic rings. The maximum absolute atomic E-state index is 12.9. The molecule has 2 heterocycles. The van der Waals surface area contributed by atoms with Crippen molar-refractivity contribution in [1.82, 2.24) is 19.6 Å². The third kappa shape index (κ3) is 5.47. The number of hydrogen-bond donors (Lipinski definition) is 1. The molecule has 29 heavy (non-hydrogen) atoms. The number of amides is 1. The summed E-state index contributed by atoms with van der Waals surface area (Å²) in [6.45, 7) is 2.08. The van der Waals surface area contributed by atoms with Crippen molar-refractivity contribution in [1.29, 1.82) is 0 Å². The van der Waals surface area contributed by atoms with Crippen LogP contribution in [0, 0.1) is 6.92 Å². The predicted molar refractivity (Wildman–Crippen MR) is 108 cm³/mol. The van der Waals surface area contributed by atoms with Crippen LogP contribution in [0.1, 0.15) is 23.4 Å². The molecule has 3 aromatic rings. The highest BCUT2D eigenvalue weighted by Gasteiger charge is 2.37. The Balaban J connectivity index is 1.56. The molecule has 11 heteroatoms. The van der Waals surface area contributed by atoms with E-state index in [4.69, 9.17) is 0 Å². The SMILES string of the molecule is Cc1c(Br)c(C(F)(F)F)nn1CCC(=O)Nc1cnn(Cc2ccc(Br)cc2)c1. The van der Waals surface area contributed by atoms with Gasteiger partial charge in [-0.05, 0) is 40.5 Å². The highest BCUT2D eigenvalue weighted by molar-refractivity contribution is 9.10. The van der Waals surface area contributed by atoms with E-state index in [1.165, 1.54) is 17.8 Å². The highest BCUT2D eigenvalue weighted by atomic mass is 79.9. The lowest BCUT2D eigenvalue weighted by molar-refractivity contribution is -0.142. The second-order valence-electron chi connectivity index (χ2n) is 6.32. The molecule has 0 bridgehead atoms. The van der Waals surface area contributed by atoms with E-state index in [1.54, 1.807) is 10.9 Å². The molecule has 1 amide bonds. The Bertz CT molecular complexity index is 1010. The second kappa shape index (κ2) is 8.70. The van der Waals surface area contributed by atoms with Crippen molar-refractivity contribution < 1.29 is 18.0 Å². The zero-order chi connectivity index (χ0) is 21.2. The van der Waals surface area contributed by atoms with Crippen LogP contribution < -0.4 is 5.32 Å². The Morgan fingerprint density at radius 2 is 1.90 bits per heavy atom. The molecule has 0 saturated carbocycles. The van der Waals surface area contributed by atoms with Gasteiger partial charge in [0.05, 0.1) is 35.1 Å². The summed E-state index contributed by atoms with van der Waals surface area (Å²) in [7, 11) is 0. The van der Waals surface area contributed by atoms with Crippen LogP contribution in [-0.4, -0.2) is 25.5 Å². The van der Waals surface area contributed by atoms with Gasteiger partial charge in [-0.2, -0.15) is 23.4 Å². The third-order valence-corrected chi connectivity index (χ3v) is 5.61. The number of benzene rings is 1. The molecule has 0 atom stereocenters. The molecule has 2 aromatic heterocycles. The van der Waals surface area contributed by atoms with Crippen LogP contribution in [0.15, 0.2) is 45.6 Å². The van der Waals surface area contributed by atoms with E-state index < -0.39 is 11.9 Å². The van der Waals surface area contributed by atoms with Crippen LogP contribution in [-0.2, 0) is 24.1 Å². The zero-order valence-corrected chi connectivity index (χ0v) is 18.3. The summed E-state index contributed by atoms with van der Waals surface area (Å²) in [6, 6.07) is 7.79. The topological polar surface area (TPSA) is 64.7 Å². The molecule has 0 aliphatic heterocycles. The summed E-state index contributed by atoms with van der Waals surface area (Å²) >= 11 is 6.29. The van der Waals surface area contributed by atoms with E-state index in [0.29, 0.717) is 17.9 Å². The number of carbonyl (C=O) groups is 1. The zero-order valence-electron chi connectivity index (χ0n) is 15.2. The molecule has 0 aliphatic carbocycles. The van der Waals surface area contributed by atoms with Gasteiger partial charge in [0.2, 0.25) is 5.91 Å². The molecular formula is C18H16Br2F3N5O. The number of anilines is 1. The predicted octanol–water partition coefficient (Wildman–Crippen LogP) is 5.01. The summed E-state index contributed by atoms with van der Waals surface area (Å²) in [4.78, 5) is 12.2. The summed E-state index contributed by atoms with van der Waals surface area (Å²) in [5, 5.41) is 10.5. The van der Waals surface area contributed by atoms with Gasteiger partial charge in [-0.3, -0.25) is 14.2 Å². The lowest BCUT2D eigenvalue weighted by Crippen LogP contribution is -2.16. The average molecular weight is 535 g/mol. The van der Waals surface area contributed by atoms with Gasteiger partial charge >= 0.3 is 6.18 Å². The molecule has 3 rings (SSSR count). The number of rotatable bonds is 6. The van der Waals surface area contributed by atoms with E-state index >= 15 is 0 Å². The average Bonchev–Trinajstić information content (AvgIpc) is 3.20. The molecule has 0 unspecified atom stereocenters. The molecule has 6 nitrogen and oxygen atoms in total. The third-order valence-electron chi connectivity index (χ3n) is 4.13. The van der Waals surface area contributed by atoms with Gasteiger partial charge in [-0.1, -0.05) is 28.1 Å². The maximum atomic E-state index is 12.9. The van der Waals surface area contributed by atoms with Crippen LogP contribution in [0.2, 0.25) is 0 Å². The first-order valence-electron chi connectivity index (χ1n) is 8.50. The summed E-state index contributed by atoms with van der Waals surface area (Å²) in [6.07, 6.45) is -1.36. The van der Waals surface area contributed by atoms with Crippen molar-refractivity contribution in [2.75, 3.05) is 5.32 Å². The first-order chi connectivity index (χ1) is 13.6. The Hall–Kier alpha value is -2.14. The standard InChI is InChI=1S/C18H16Br2F3N5O/c1-11-16(20)17(18(21,22)23)26-28(11)7-6-15(29)25-14-8-24-27(10-14)9-12-2-4-13(19)5-3-12/h2-5,8,10H,6-7,9H2,1H3,(H,25,29). The van der Waals surface area contributed by atoms with Gasteiger partial charge in [0.15, 0.2) is 5.69 Å². The van der Waals surface area contributed by atoms with Gasteiger partial charge in [-0.25, -0.2) is 0 Å². The number of halogens is 5. The fourth-order valence-electron chi connectivity index (χ4n) is 2.65. The van der Waals surface area contributed by atoms with E-state index in [-0.39, 0.29) is 23.3 Å². The molecule has 0 saturated heterocycles. The molecule has 1 N–H and O–H groups in total. The van der Waals surface area contributed by atoms with Crippen LogP contribution in [0.25, 0.3) is 0 Å². The van der Waals surface area contributed by atoms with Crippen molar-refractivity contribution in [3.05, 3.63) is 62.6 Å². The lowest BCUT2D eigenvalue weighted by Gasteiger charge is -2.05. The molecule has 0 fully saturated rings. The second-order valence-corrected chi connectivity index (χ2v) is 8.03. The minimum atomic E-state index is -4.56. The number of nitrogens with zero attached hydrogens (tertiary/aromatic N) is 4. The molecule has 154 valence electrons. The van der Waals surface area contributed by atoms with E-state index in [2.05, 4.69) is 47.4 Å². The summed E-state index contributed by atoms with van der Waals surface area (Å²) < 4.78 is 42.5. The summed E-state index contributed by atoms with van der Waals surface area (Å²) in [5.41, 5.74) is 0.882. The maximum Gasteiger partial charge on any atom is 0.436 e. The van der Waals surface area contributed by atoms with Crippen molar-refractivity contribution in [2.45, 2.75) is 32.6 Å². The molecule has 1 aromatic carbocycles. The lowest BCUT2D eigenvalue weighted by atomic mass is 10.2. The molecule has 0 radical (unpaired) electrons. The number of alkyl halides is 3. The number of aryl methyl sites for hydroxylation is 1. The fourth-order valence-corrected chi connectivity index (χ4v) is 3.42. The van der Waals surface area contributed by atoms with Crippen LogP contribution in [0.4, 0.5) is 18.9 Å². The van der Waals surface area contributed by atoms with Crippen molar-refractivity contribution in [3.8, 4) is 0 Å². The van der Waals surface area contributed by atoms with Crippen LogP contribution in [0.5, 0.6) is 0 Å². The Labute approximate surface area is 181 Å². The first-order valence-corrected chi connectivity index (χ1v) is 10.1. The molecular weight excluding hydrogens is 519 g/mol. The van der Waals surface area contributed by atoms with Crippen molar-refractivity contribution >= 4 is 43.5 Å². The van der Waals surface area contributed by atoms with Crippen LogP contribution in [0.3, 0.4) is 0 Å². The van der Waals surface area contributed by atoms with Gasteiger partial charge in [0, 0.05) is 17.1 Å². The van der Waals surface area contributed by atoms with E-state index in [9.17, 15) is 18.0 Å². The van der Waals surface area contributed by atoms with E-state index in [1.807, 2.05) is 24.3 Å². The van der Waals surface area contributed by atoms with E-state index in [0.717, 1.165) is 10.0 Å². The van der Waals surface area contributed by atoms with Crippen molar-refractivity contribution in [3.63, 3.8) is 0 Å². The quantitative estimate of drug-likeness (QED) is 0.483. The number of carbonyl (C=O) groups excluding carboxylic acids is 1. The molecule has 0 spiro atoms. The summed E-state index contributed by atoms with van der Waals surface area (Å²) in [5.74, 6) is -0.340. The number of aromatic nitrogens is 4. The van der Waals surface area contributed by atoms with Crippen molar-refractivity contribution in [2.24, 2.45) is 0 Å². The minimum Gasteiger partial charge on any atom is -0.323 e. The fraction of sp³-hybridized carbons (Fsp3) is 0.278. The first kappa shape index (κ1) is 21.6. The van der Waals surface area contributed by atoms with Gasteiger partial charge < -0.3 is 5.32 Å². The normalized spacial score (nSPS) is 11.7.